The number of anilines is 2. The molecule has 0 aliphatic heterocycles. The van der Waals surface area contributed by atoms with E-state index in [0.717, 1.165) is 48.5 Å². The van der Waals surface area contributed by atoms with Crippen molar-refractivity contribution < 1.29 is 62.2 Å². The van der Waals surface area contributed by atoms with Crippen molar-refractivity contribution >= 4 is 11.4 Å². The summed E-state index contributed by atoms with van der Waals surface area (Å²) in [5, 5.41) is 9.88. The zero-order valence-corrected chi connectivity index (χ0v) is 26.9. The number of hydrogen-bond acceptors (Lipinski definition) is 5. The van der Waals surface area contributed by atoms with Crippen LogP contribution in [0.25, 0.3) is 0 Å². The normalized spacial score (nSPS) is 12.9. The van der Waals surface area contributed by atoms with Crippen molar-refractivity contribution in [1.82, 2.24) is 0 Å². The lowest BCUT2D eigenvalue weighted by molar-refractivity contribution is -0.290. The van der Waals surface area contributed by atoms with Crippen molar-refractivity contribution in [3.63, 3.8) is 0 Å². The number of nitrogens with zero attached hydrogens (tertiary/aromatic N) is 1. The fourth-order valence-electron chi connectivity index (χ4n) is 6.02. The highest BCUT2D eigenvalue weighted by Crippen LogP contribution is 2.58. The molecule has 17 heteroatoms. The molecule has 5 nitrogen and oxygen atoms in total. The molecule has 0 unspecified atom stereocenters. The Balaban J connectivity index is 1.47. The van der Waals surface area contributed by atoms with Crippen molar-refractivity contribution in [2.24, 2.45) is 0 Å². The molecule has 0 saturated carbocycles. The van der Waals surface area contributed by atoms with E-state index in [4.69, 9.17) is 20.9 Å². The van der Waals surface area contributed by atoms with Crippen LogP contribution in [0.4, 0.5) is 64.1 Å². The van der Waals surface area contributed by atoms with Gasteiger partial charge >= 0.3 is 24.7 Å². The molecule has 0 bridgehead atoms. The van der Waals surface area contributed by atoms with Crippen LogP contribution in [-0.4, -0.2) is 24.7 Å². The molecular formula is C37H23F12N3O2. The molecule has 0 atom stereocenters. The van der Waals surface area contributed by atoms with Gasteiger partial charge < -0.3 is 20.9 Å². The summed E-state index contributed by atoms with van der Waals surface area (Å²) in [5.41, 5.74) is -3.24. The summed E-state index contributed by atoms with van der Waals surface area (Å²) in [6.45, 7) is 0. The van der Waals surface area contributed by atoms with Crippen LogP contribution in [0, 0.1) is 11.3 Å². The maximum absolute atomic E-state index is 14.5. The molecule has 0 aromatic heterocycles. The predicted molar refractivity (Wildman–Crippen MR) is 172 cm³/mol. The van der Waals surface area contributed by atoms with Gasteiger partial charge in [0.15, 0.2) is 0 Å². The third kappa shape index (κ3) is 6.67. The minimum Gasteiger partial charge on any atom is -0.456 e. The SMILES string of the molecule is N#Cc1c(Oc2ccc(C(c3ccc(N)cc3)(C(F)(F)F)C(F)(F)F)cc2)cccc1Oc1ccc(C(c2ccc(N)cc2)(C(F)(F)F)C(F)(F)F)cc1. The molecule has 0 spiro atoms. The van der Waals surface area contributed by atoms with Crippen molar-refractivity contribution in [3.8, 4) is 29.1 Å². The van der Waals surface area contributed by atoms with Crippen molar-refractivity contribution in [3.05, 3.63) is 143 Å². The average molecular weight is 770 g/mol. The summed E-state index contributed by atoms with van der Waals surface area (Å²) in [5.74, 6) is -1.25. The summed E-state index contributed by atoms with van der Waals surface area (Å²) in [4.78, 5) is 0. The van der Waals surface area contributed by atoms with Gasteiger partial charge in [-0.2, -0.15) is 57.9 Å². The third-order valence-corrected chi connectivity index (χ3v) is 8.52. The number of nitrogen functional groups attached to an aromatic ring is 2. The summed E-state index contributed by atoms with van der Waals surface area (Å²) in [7, 11) is 0. The van der Waals surface area contributed by atoms with Crippen LogP contribution in [0.2, 0.25) is 0 Å². The second-order valence-corrected chi connectivity index (χ2v) is 11.7. The van der Waals surface area contributed by atoms with E-state index >= 15 is 0 Å². The molecule has 0 fully saturated rings. The van der Waals surface area contributed by atoms with E-state index in [2.05, 4.69) is 0 Å². The molecule has 0 saturated heterocycles. The van der Waals surface area contributed by atoms with Crippen LogP contribution < -0.4 is 20.9 Å². The molecule has 0 heterocycles. The number of ether oxygens (including phenoxy) is 2. The second kappa shape index (κ2) is 13.7. The Bertz CT molecular complexity index is 1960. The van der Waals surface area contributed by atoms with Crippen LogP contribution in [0.15, 0.2) is 115 Å². The molecule has 0 radical (unpaired) electrons. The minimum absolute atomic E-state index is 0.0726. The van der Waals surface area contributed by atoms with Crippen LogP contribution in [-0.2, 0) is 10.8 Å². The highest BCUT2D eigenvalue weighted by molar-refractivity contribution is 5.57. The quantitative estimate of drug-likeness (QED) is 0.121. The van der Waals surface area contributed by atoms with E-state index in [1.165, 1.54) is 18.2 Å². The standard InChI is InChI=1S/C37H23F12N3O2/c38-34(39,40)32(35(41,42)43,21-4-12-25(51)13-5-21)23-8-16-27(17-9-23)53-30-2-1-3-31(29(30)20-50)54-28-18-10-24(11-19-28)33(36(44,45)46,37(47,48)49)22-6-14-26(52)15-7-22/h1-19H,51-52H2. The monoisotopic (exact) mass is 769 g/mol. The first-order valence-electron chi connectivity index (χ1n) is 15.2. The van der Waals surface area contributed by atoms with Crippen LogP contribution >= 0.6 is 0 Å². The zero-order chi connectivity index (χ0) is 39.9. The first kappa shape index (κ1) is 39.2. The molecule has 282 valence electrons. The predicted octanol–water partition coefficient (Wildman–Crippen LogP) is 11.1. The number of nitrogens with two attached hydrogens (primary N) is 2. The summed E-state index contributed by atoms with van der Waals surface area (Å²) in [6.07, 6.45) is -23.5. The second-order valence-electron chi connectivity index (χ2n) is 11.7. The van der Waals surface area contributed by atoms with Crippen LogP contribution in [0.1, 0.15) is 27.8 Å². The van der Waals surface area contributed by atoms with Gasteiger partial charge in [-0.3, -0.25) is 0 Å². The van der Waals surface area contributed by atoms with Gasteiger partial charge in [0.2, 0.25) is 10.8 Å². The Kier molecular flexibility index (Phi) is 9.96. The Labute approximate surface area is 298 Å². The largest absolute Gasteiger partial charge is 0.456 e. The summed E-state index contributed by atoms with van der Waals surface area (Å²) in [6, 6.07) is 16.8. The van der Waals surface area contributed by atoms with Crippen molar-refractivity contribution in [2.45, 2.75) is 35.5 Å². The maximum atomic E-state index is 14.5. The molecule has 4 N–H and O–H groups in total. The van der Waals surface area contributed by atoms with E-state index < -0.39 is 63.4 Å². The lowest BCUT2D eigenvalue weighted by atomic mass is 9.73. The van der Waals surface area contributed by atoms with E-state index in [-0.39, 0.29) is 34.4 Å². The molecule has 5 aromatic carbocycles. The summed E-state index contributed by atoms with van der Waals surface area (Å²) < 4.78 is 185. The number of nitriles is 1. The Hall–Kier alpha value is -6.05. The Morgan fingerprint density at radius 3 is 0.907 bits per heavy atom. The number of alkyl halides is 12. The number of halogens is 12. The highest BCUT2D eigenvalue weighted by atomic mass is 19.4. The van der Waals surface area contributed by atoms with E-state index in [1.807, 2.05) is 0 Å². The lowest BCUT2D eigenvalue weighted by Gasteiger charge is -2.38. The zero-order valence-electron chi connectivity index (χ0n) is 26.9. The molecule has 0 amide bonds. The Morgan fingerprint density at radius 2 is 0.667 bits per heavy atom. The fourth-order valence-corrected chi connectivity index (χ4v) is 6.02. The average Bonchev–Trinajstić information content (AvgIpc) is 3.06. The van der Waals surface area contributed by atoms with E-state index in [0.29, 0.717) is 48.5 Å². The van der Waals surface area contributed by atoms with Gasteiger partial charge in [0.1, 0.15) is 34.6 Å². The minimum atomic E-state index is -5.88. The lowest BCUT2D eigenvalue weighted by Crippen LogP contribution is -2.54. The van der Waals surface area contributed by atoms with Gasteiger partial charge in [0.25, 0.3) is 0 Å². The van der Waals surface area contributed by atoms with Crippen LogP contribution in [0.3, 0.4) is 0 Å². The van der Waals surface area contributed by atoms with Crippen molar-refractivity contribution in [2.75, 3.05) is 11.5 Å². The van der Waals surface area contributed by atoms with E-state index in [9.17, 15) is 57.9 Å². The molecular weight excluding hydrogens is 746 g/mol. The number of rotatable bonds is 8. The number of benzene rings is 5. The molecule has 5 aromatic rings. The molecule has 0 aliphatic carbocycles. The fraction of sp³-hybridized carbons (Fsp3) is 0.162. The van der Waals surface area contributed by atoms with Gasteiger partial charge in [-0.1, -0.05) is 54.6 Å². The van der Waals surface area contributed by atoms with Gasteiger partial charge in [0.05, 0.1) is 0 Å². The third-order valence-electron chi connectivity index (χ3n) is 8.52. The Morgan fingerprint density at radius 1 is 0.407 bits per heavy atom. The first-order valence-corrected chi connectivity index (χ1v) is 15.2. The smallest absolute Gasteiger partial charge is 0.411 e. The molecule has 0 aliphatic rings. The number of hydrogen-bond donors (Lipinski definition) is 2. The maximum Gasteiger partial charge on any atom is 0.411 e. The van der Waals surface area contributed by atoms with Crippen LogP contribution in [0.5, 0.6) is 23.0 Å². The van der Waals surface area contributed by atoms with Gasteiger partial charge in [-0.15, -0.1) is 0 Å². The molecule has 54 heavy (non-hydrogen) atoms. The highest BCUT2D eigenvalue weighted by Gasteiger charge is 2.73. The first-order chi connectivity index (χ1) is 25.1. The van der Waals surface area contributed by atoms with Crippen molar-refractivity contribution in [1.29, 1.82) is 5.26 Å². The topological polar surface area (TPSA) is 94.3 Å². The molecule has 5 rings (SSSR count). The van der Waals surface area contributed by atoms with Gasteiger partial charge in [0, 0.05) is 11.4 Å². The van der Waals surface area contributed by atoms with E-state index in [1.54, 1.807) is 6.07 Å². The van der Waals surface area contributed by atoms with Gasteiger partial charge in [-0.25, -0.2) is 0 Å². The van der Waals surface area contributed by atoms with Gasteiger partial charge in [-0.05, 0) is 82.9 Å². The summed E-state index contributed by atoms with van der Waals surface area (Å²) >= 11 is 0.